The monoisotopic (exact) mass is 240 g/mol. The molecule has 0 aromatic rings. The standard InChI is InChI=1S/C14H28N2O/c1-11(2)5-4-8-16-14(17)13-7-3-6-12(9-13)10-15/h11-13H,3-10,15H2,1-2H3,(H,16,17). The molecule has 3 nitrogen and oxygen atoms in total. The molecule has 1 saturated carbocycles. The van der Waals surface area contributed by atoms with E-state index in [0.29, 0.717) is 5.92 Å². The van der Waals surface area contributed by atoms with Gasteiger partial charge in [0.15, 0.2) is 0 Å². The molecule has 0 radical (unpaired) electrons. The van der Waals surface area contributed by atoms with Crippen molar-refractivity contribution in [1.82, 2.24) is 5.32 Å². The van der Waals surface area contributed by atoms with Gasteiger partial charge >= 0.3 is 0 Å². The maximum absolute atomic E-state index is 12.0. The van der Waals surface area contributed by atoms with Crippen LogP contribution in [0.15, 0.2) is 0 Å². The van der Waals surface area contributed by atoms with Crippen LogP contribution in [0.25, 0.3) is 0 Å². The third-order valence-corrected chi connectivity index (χ3v) is 3.74. The fourth-order valence-electron chi connectivity index (χ4n) is 2.61. The van der Waals surface area contributed by atoms with Crippen molar-refractivity contribution in [2.24, 2.45) is 23.5 Å². The highest BCUT2D eigenvalue weighted by Crippen LogP contribution is 2.28. The molecule has 0 bridgehead atoms. The van der Waals surface area contributed by atoms with Crippen LogP contribution in [-0.2, 0) is 4.79 Å². The Labute approximate surface area is 106 Å². The predicted octanol–water partition coefficient (Wildman–Crippen LogP) is 2.30. The summed E-state index contributed by atoms with van der Waals surface area (Å²) in [6, 6.07) is 0. The van der Waals surface area contributed by atoms with E-state index in [-0.39, 0.29) is 11.8 Å². The van der Waals surface area contributed by atoms with Gasteiger partial charge in [0.1, 0.15) is 0 Å². The molecule has 0 aliphatic heterocycles. The second kappa shape index (κ2) is 7.70. The molecule has 1 amide bonds. The maximum Gasteiger partial charge on any atom is 0.223 e. The molecule has 1 rings (SSSR count). The first-order valence-corrected chi connectivity index (χ1v) is 7.11. The molecule has 3 N–H and O–H groups in total. The van der Waals surface area contributed by atoms with Crippen molar-refractivity contribution in [1.29, 1.82) is 0 Å². The molecular weight excluding hydrogens is 212 g/mol. The van der Waals surface area contributed by atoms with E-state index < -0.39 is 0 Å². The summed E-state index contributed by atoms with van der Waals surface area (Å²) in [5.41, 5.74) is 5.69. The summed E-state index contributed by atoms with van der Waals surface area (Å²) in [7, 11) is 0. The Hall–Kier alpha value is -0.570. The van der Waals surface area contributed by atoms with Crippen molar-refractivity contribution in [2.45, 2.75) is 52.4 Å². The number of hydrogen-bond acceptors (Lipinski definition) is 2. The zero-order valence-corrected chi connectivity index (χ0v) is 11.4. The summed E-state index contributed by atoms with van der Waals surface area (Å²) in [4.78, 5) is 12.0. The number of carbonyl (C=O) groups is 1. The van der Waals surface area contributed by atoms with Crippen LogP contribution in [0, 0.1) is 17.8 Å². The number of nitrogens with two attached hydrogens (primary N) is 1. The Morgan fingerprint density at radius 2 is 2.18 bits per heavy atom. The average Bonchev–Trinajstić information content (AvgIpc) is 2.34. The molecule has 0 spiro atoms. The highest BCUT2D eigenvalue weighted by atomic mass is 16.1. The van der Waals surface area contributed by atoms with Crippen molar-refractivity contribution in [2.75, 3.05) is 13.1 Å². The van der Waals surface area contributed by atoms with Gasteiger partial charge in [0.2, 0.25) is 5.91 Å². The van der Waals surface area contributed by atoms with Gasteiger partial charge in [-0.2, -0.15) is 0 Å². The van der Waals surface area contributed by atoms with Gasteiger partial charge in [-0.3, -0.25) is 4.79 Å². The van der Waals surface area contributed by atoms with Gasteiger partial charge in [0, 0.05) is 12.5 Å². The molecule has 1 aliphatic carbocycles. The van der Waals surface area contributed by atoms with Crippen LogP contribution in [0.2, 0.25) is 0 Å². The topological polar surface area (TPSA) is 55.1 Å². The molecule has 17 heavy (non-hydrogen) atoms. The third-order valence-electron chi connectivity index (χ3n) is 3.74. The van der Waals surface area contributed by atoms with Crippen molar-refractivity contribution in [3.63, 3.8) is 0 Å². The van der Waals surface area contributed by atoms with E-state index in [2.05, 4.69) is 19.2 Å². The van der Waals surface area contributed by atoms with Gasteiger partial charge in [-0.15, -0.1) is 0 Å². The fourth-order valence-corrected chi connectivity index (χ4v) is 2.61. The zero-order valence-electron chi connectivity index (χ0n) is 11.4. The minimum Gasteiger partial charge on any atom is -0.356 e. The molecule has 3 heteroatoms. The van der Waals surface area contributed by atoms with E-state index in [9.17, 15) is 4.79 Å². The van der Waals surface area contributed by atoms with Gasteiger partial charge in [-0.1, -0.05) is 20.3 Å². The smallest absolute Gasteiger partial charge is 0.223 e. The van der Waals surface area contributed by atoms with Crippen molar-refractivity contribution < 1.29 is 4.79 Å². The number of nitrogens with one attached hydrogen (secondary N) is 1. The SMILES string of the molecule is CC(C)CCCNC(=O)C1CCCC(CN)C1. The summed E-state index contributed by atoms with van der Waals surface area (Å²) < 4.78 is 0. The summed E-state index contributed by atoms with van der Waals surface area (Å²) in [5, 5.41) is 3.07. The molecule has 0 aromatic carbocycles. The molecule has 1 aliphatic rings. The number of amides is 1. The van der Waals surface area contributed by atoms with E-state index in [1.54, 1.807) is 0 Å². The van der Waals surface area contributed by atoms with E-state index >= 15 is 0 Å². The van der Waals surface area contributed by atoms with Gasteiger partial charge in [-0.05, 0) is 50.5 Å². The number of hydrogen-bond donors (Lipinski definition) is 2. The van der Waals surface area contributed by atoms with E-state index in [0.717, 1.165) is 44.7 Å². The normalized spacial score (nSPS) is 24.9. The fraction of sp³-hybridized carbons (Fsp3) is 0.929. The molecule has 0 aromatic heterocycles. The lowest BCUT2D eigenvalue weighted by Gasteiger charge is -2.27. The molecule has 2 atom stereocenters. The van der Waals surface area contributed by atoms with Crippen LogP contribution in [0.3, 0.4) is 0 Å². The summed E-state index contributed by atoms with van der Waals surface area (Å²) in [6.07, 6.45) is 6.69. The Kier molecular flexibility index (Phi) is 6.56. The van der Waals surface area contributed by atoms with Crippen LogP contribution in [0.5, 0.6) is 0 Å². The maximum atomic E-state index is 12.0. The molecule has 0 heterocycles. The van der Waals surface area contributed by atoms with Crippen LogP contribution >= 0.6 is 0 Å². The predicted molar refractivity (Wildman–Crippen MR) is 71.6 cm³/mol. The highest BCUT2D eigenvalue weighted by molar-refractivity contribution is 5.78. The van der Waals surface area contributed by atoms with Crippen LogP contribution in [0.1, 0.15) is 52.4 Å². The zero-order chi connectivity index (χ0) is 12.7. The Morgan fingerprint density at radius 3 is 2.82 bits per heavy atom. The van der Waals surface area contributed by atoms with Crippen LogP contribution < -0.4 is 11.1 Å². The third kappa shape index (κ3) is 5.53. The summed E-state index contributed by atoms with van der Waals surface area (Å²) >= 11 is 0. The van der Waals surface area contributed by atoms with Gasteiger partial charge < -0.3 is 11.1 Å². The van der Waals surface area contributed by atoms with E-state index in [1.165, 1.54) is 12.8 Å². The van der Waals surface area contributed by atoms with Crippen molar-refractivity contribution in [3.8, 4) is 0 Å². The number of carbonyl (C=O) groups excluding carboxylic acids is 1. The molecular formula is C14H28N2O. The molecule has 100 valence electrons. The van der Waals surface area contributed by atoms with Gasteiger partial charge in [-0.25, -0.2) is 0 Å². The molecule has 2 unspecified atom stereocenters. The van der Waals surface area contributed by atoms with E-state index in [1.807, 2.05) is 0 Å². The first-order chi connectivity index (χ1) is 8.13. The Balaban J connectivity index is 2.18. The van der Waals surface area contributed by atoms with Gasteiger partial charge in [0.25, 0.3) is 0 Å². The quantitative estimate of drug-likeness (QED) is 0.700. The lowest BCUT2D eigenvalue weighted by Crippen LogP contribution is -2.35. The molecule has 1 fully saturated rings. The second-order valence-corrected chi connectivity index (χ2v) is 5.79. The lowest BCUT2D eigenvalue weighted by atomic mass is 9.81. The largest absolute Gasteiger partial charge is 0.356 e. The molecule has 0 saturated heterocycles. The first-order valence-electron chi connectivity index (χ1n) is 7.11. The van der Waals surface area contributed by atoms with Crippen LogP contribution in [0.4, 0.5) is 0 Å². The highest BCUT2D eigenvalue weighted by Gasteiger charge is 2.25. The average molecular weight is 240 g/mol. The Bertz CT molecular complexity index is 228. The minimum atomic E-state index is 0.219. The lowest BCUT2D eigenvalue weighted by molar-refractivity contribution is -0.126. The number of rotatable bonds is 6. The summed E-state index contributed by atoms with van der Waals surface area (Å²) in [5.74, 6) is 1.77. The summed E-state index contributed by atoms with van der Waals surface area (Å²) in [6.45, 7) is 6.00. The van der Waals surface area contributed by atoms with Gasteiger partial charge in [0.05, 0.1) is 0 Å². The second-order valence-electron chi connectivity index (χ2n) is 5.79. The van der Waals surface area contributed by atoms with E-state index in [4.69, 9.17) is 5.73 Å². The first kappa shape index (κ1) is 14.5. The minimum absolute atomic E-state index is 0.219. The van der Waals surface area contributed by atoms with Crippen LogP contribution in [-0.4, -0.2) is 19.0 Å². The Morgan fingerprint density at radius 1 is 1.41 bits per heavy atom. The van der Waals surface area contributed by atoms with Crippen molar-refractivity contribution >= 4 is 5.91 Å². The van der Waals surface area contributed by atoms with Crippen molar-refractivity contribution in [3.05, 3.63) is 0 Å².